The molecule has 0 aliphatic heterocycles. The van der Waals surface area contributed by atoms with Crippen LogP contribution >= 0.6 is 0 Å². The molecule has 0 aliphatic carbocycles. The minimum atomic E-state index is -0.243. The van der Waals surface area contributed by atoms with Crippen molar-refractivity contribution in [2.45, 2.75) is 6.42 Å². The van der Waals surface area contributed by atoms with E-state index in [1.165, 1.54) is 7.11 Å². The van der Waals surface area contributed by atoms with E-state index in [1.54, 1.807) is 12.1 Å². The average Bonchev–Trinajstić information content (AvgIpc) is 2.40. The molecular formula is C15H14O3. The molecule has 0 heterocycles. The highest BCUT2D eigenvalue weighted by Crippen LogP contribution is 2.22. The number of benzene rings is 2. The molecule has 0 radical (unpaired) electrons. The van der Waals surface area contributed by atoms with Crippen LogP contribution in [0.15, 0.2) is 48.5 Å². The van der Waals surface area contributed by atoms with E-state index in [1.807, 2.05) is 36.4 Å². The molecule has 2 rings (SSSR count). The lowest BCUT2D eigenvalue weighted by atomic mass is 10.0. The van der Waals surface area contributed by atoms with Gasteiger partial charge in [-0.25, -0.2) is 0 Å². The number of rotatable bonds is 3. The summed E-state index contributed by atoms with van der Waals surface area (Å²) >= 11 is 0. The SMILES string of the molecule is COC(=O)Cc1ccc(-c2ccc(O)cc2)cc1. The number of methoxy groups -OCH3 is 1. The molecule has 0 aromatic heterocycles. The maximum absolute atomic E-state index is 11.1. The molecule has 18 heavy (non-hydrogen) atoms. The van der Waals surface area contributed by atoms with E-state index in [0.29, 0.717) is 0 Å². The second kappa shape index (κ2) is 5.36. The Hall–Kier alpha value is -2.29. The Bertz CT molecular complexity index is 527. The number of phenolic OH excluding ortho intramolecular Hbond substituents is 1. The van der Waals surface area contributed by atoms with E-state index in [9.17, 15) is 9.90 Å². The molecule has 0 amide bonds. The Balaban J connectivity index is 2.17. The molecule has 0 spiro atoms. The van der Waals surface area contributed by atoms with Gasteiger partial charge in [-0.1, -0.05) is 36.4 Å². The third kappa shape index (κ3) is 2.88. The van der Waals surface area contributed by atoms with Gasteiger partial charge in [0.25, 0.3) is 0 Å². The van der Waals surface area contributed by atoms with Crippen LogP contribution in [0, 0.1) is 0 Å². The number of esters is 1. The summed E-state index contributed by atoms with van der Waals surface area (Å²) in [5.41, 5.74) is 2.99. The quantitative estimate of drug-likeness (QED) is 0.842. The van der Waals surface area contributed by atoms with Crippen molar-refractivity contribution in [1.82, 2.24) is 0 Å². The summed E-state index contributed by atoms with van der Waals surface area (Å²) in [6.07, 6.45) is 0.284. The predicted octanol–water partition coefficient (Wildman–Crippen LogP) is 2.77. The van der Waals surface area contributed by atoms with Gasteiger partial charge in [-0.2, -0.15) is 0 Å². The van der Waals surface area contributed by atoms with Crippen molar-refractivity contribution in [3.05, 3.63) is 54.1 Å². The molecule has 2 aromatic carbocycles. The standard InChI is InChI=1S/C15H14O3/c1-18-15(17)10-11-2-4-12(5-3-11)13-6-8-14(16)9-7-13/h2-9,16H,10H2,1H3. The van der Waals surface area contributed by atoms with Crippen LogP contribution in [0.2, 0.25) is 0 Å². The van der Waals surface area contributed by atoms with E-state index in [4.69, 9.17) is 0 Å². The Labute approximate surface area is 106 Å². The topological polar surface area (TPSA) is 46.5 Å². The van der Waals surface area contributed by atoms with Crippen molar-refractivity contribution in [2.75, 3.05) is 7.11 Å². The summed E-state index contributed by atoms with van der Waals surface area (Å²) in [7, 11) is 1.38. The first-order valence-corrected chi connectivity index (χ1v) is 5.64. The second-order valence-electron chi connectivity index (χ2n) is 4.00. The average molecular weight is 242 g/mol. The van der Waals surface area contributed by atoms with Crippen molar-refractivity contribution >= 4 is 5.97 Å². The Morgan fingerprint density at radius 3 is 2.00 bits per heavy atom. The first-order chi connectivity index (χ1) is 8.69. The normalized spacial score (nSPS) is 10.1. The van der Waals surface area contributed by atoms with Crippen LogP contribution in [0.5, 0.6) is 5.75 Å². The van der Waals surface area contributed by atoms with Gasteiger partial charge in [0.2, 0.25) is 0 Å². The molecule has 0 fully saturated rings. The molecule has 0 unspecified atom stereocenters. The largest absolute Gasteiger partial charge is 0.508 e. The fraction of sp³-hybridized carbons (Fsp3) is 0.133. The highest BCUT2D eigenvalue weighted by atomic mass is 16.5. The Morgan fingerprint density at radius 2 is 1.50 bits per heavy atom. The summed E-state index contributed by atoms with van der Waals surface area (Å²) < 4.78 is 4.62. The van der Waals surface area contributed by atoms with Gasteiger partial charge in [-0.05, 0) is 28.8 Å². The molecule has 3 heteroatoms. The molecule has 1 N–H and O–H groups in total. The summed E-state index contributed by atoms with van der Waals surface area (Å²) in [6.45, 7) is 0. The molecule has 0 bridgehead atoms. The molecular weight excluding hydrogens is 228 g/mol. The zero-order chi connectivity index (χ0) is 13.0. The molecule has 3 nitrogen and oxygen atoms in total. The molecule has 2 aromatic rings. The van der Waals surface area contributed by atoms with Crippen molar-refractivity contribution in [3.63, 3.8) is 0 Å². The fourth-order valence-corrected chi connectivity index (χ4v) is 1.71. The van der Waals surface area contributed by atoms with Crippen LogP contribution in [-0.4, -0.2) is 18.2 Å². The van der Waals surface area contributed by atoms with Gasteiger partial charge in [0.15, 0.2) is 0 Å². The lowest BCUT2D eigenvalue weighted by molar-refractivity contribution is -0.139. The number of hydrogen-bond acceptors (Lipinski definition) is 3. The van der Waals surface area contributed by atoms with Gasteiger partial charge >= 0.3 is 5.97 Å². The number of carbonyl (C=O) groups excluding carboxylic acids is 1. The smallest absolute Gasteiger partial charge is 0.309 e. The third-order valence-electron chi connectivity index (χ3n) is 2.73. The summed E-state index contributed by atoms with van der Waals surface area (Å²) in [4.78, 5) is 11.1. The maximum atomic E-state index is 11.1. The zero-order valence-electron chi connectivity index (χ0n) is 10.1. The van der Waals surface area contributed by atoms with Crippen molar-refractivity contribution in [1.29, 1.82) is 0 Å². The van der Waals surface area contributed by atoms with E-state index in [2.05, 4.69) is 4.74 Å². The highest BCUT2D eigenvalue weighted by Gasteiger charge is 2.03. The van der Waals surface area contributed by atoms with E-state index < -0.39 is 0 Å². The monoisotopic (exact) mass is 242 g/mol. The fourth-order valence-electron chi connectivity index (χ4n) is 1.71. The summed E-state index contributed by atoms with van der Waals surface area (Å²) in [5, 5.41) is 9.22. The van der Waals surface area contributed by atoms with Crippen LogP contribution < -0.4 is 0 Å². The first kappa shape index (κ1) is 12.2. The molecule has 0 aliphatic rings. The summed E-state index contributed by atoms with van der Waals surface area (Å²) in [5.74, 6) is 0.00782. The van der Waals surface area contributed by atoms with Crippen LogP contribution in [-0.2, 0) is 16.0 Å². The van der Waals surface area contributed by atoms with Crippen LogP contribution in [0.1, 0.15) is 5.56 Å². The Morgan fingerprint density at radius 1 is 1.00 bits per heavy atom. The molecule has 0 saturated heterocycles. The second-order valence-corrected chi connectivity index (χ2v) is 4.00. The minimum Gasteiger partial charge on any atom is -0.508 e. The lowest BCUT2D eigenvalue weighted by Crippen LogP contribution is -2.03. The van der Waals surface area contributed by atoms with Crippen LogP contribution in [0.4, 0.5) is 0 Å². The van der Waals surface area contributed by atoms with Crippen molar-refractivity contribution in [2.24, 2.45) is 0 Å². The van der Waals surface area contributed by atoms with Gasteiger partial charge in [-0.15, -0.1) is 0 Å². The lowest BCUT2D eigenvalue weighted by Gasteiger charge is -2.04. The third-order valence-corrected chi connectivity index (χ3v) is 2.73. The van der Waals surface area contributed by atoms with Gasteiger partial charge in [0, 0.05) is 0 Å². The van der Waals surface area contributed by atoms with Crippen molar-refractivity contribution < 1.29 is 14.6 Å². The first-order valence-electron chi connectivity index (χ1n) is 5.64. The van der Waals surface area contributed by atoms with Gasteiger partial charge < -0.3 is 9.84 Å². The minimum absolute atomic E-state index is 0.243. The van der Waals surface area contributed by atoms with E-state index in [0.717, 1.165) is 16.7 Å². The van der Waals surface area contributed by atoms with Crippen molar-refractivity contribution in [3.8, 4) is 16.9 Å². The zero-order valence-corrected chi connectivity index (χ0v) is 10.1. The van der Waals surface area contributed by atoms with Gasteiger partial charge in [-0.3, -0.25) is 4.79 Å². The van der Waals surface area contributed by atoms with Gasteiger partial charge in [0.05, 0.1) is 13.5 Å². The summed E-state index contributed by atoms with van der Waals surface area (Å²) in [6, 6.07) is 14.7. The van der Waals surface area contributed by atoms with Crippen LogP contribution in [0.3, 0.4) is 0 Å². The van der Waals surface area contributed by atoms with Gasteiger partial charge in [0.1, 0.15) is 5.75 Å². The molecule has 92 valence electrons. The predicted molar refractivity (Wildman–Crippen MR) is 69.3 cm³/mol. The number of phenols is 1. The number of carbonyl (C=O) groups is 1. The maximum Gasteiger partial charge on any atom is 0.309 e. The van der Waals surface area contributed by atoms with E-state index in [-0.39, 0.29) is 18.1 Å². The number of aromatic hydroxyl groups is 1. The highest BCUT2D eigenvalue weighted by molar-refractivity contribution is 5.73. The number of hydrogen-bond donors (Lipinski definition) is 1. The molecule has 0 saturated carbocycles. The molecule has 0 atom stereocenters. The Kier molecular flexibility index (Phi) is 3.63. The number of ether oxygens (including phenoxy) is 1. The van der Waals surface area contributed by atoms with E-state index >= 15 is 0 Å². The van der Waals surface area contributed by atoms with Crippen LogP contribution in [0.25, 0.3) is 11.1 Å².